The van der Waals surface area contributed by atoms with E-state index in [-0.39, 0.29) is 37.3 Å². The van der Waals surface area contributed by atoms with Crippen LogP contribution in [0.25, 0.3) is 17.5 Å². The molecule has 11 heteroatoms. The van der Waals surface area contributed by atoms with Gasteiger partial charge >= 0.3 is 5.97 Å². The summed E-state index contributed by atoms with van der Waals surface area (Å²) >= 11 is 7.40. The number of esters is 1. The molecule has 0 aliphatic carbocycles. The van der Waals surface area contributed by atoms with E-state index in [2.05, 4.69) is 31.9 Å². The Morgan fingerprint density at radius 2 is 1.85 bits per heavy atom. The summed E-state index contributed by atoms with van der Waals surface area (Å²) in [6.45, 7) is 0. The monoisotopic (exact) mass is 607 g/mol. The Hall–Kier alpha value is -3.07. The lowest BCUT2D eigenvalue weighted by atomic mass is 9.83. The van der Waals surface area contributed by atoms with Crippen LogP contribution in [0.3, 0.4) is 0 Å². The number of benzene rings is 2. The van der Waals surface area contributed by atoms with E-state index in [1.54, 1.807) is 0 Å². The molecule has 2 N–H and O–H groups in total. The van der Waals surface area contributed by atoms with Gasteiger partial charge in [-0.25, -0.2) is 13.6 Å². The van der Waals surface area contributed by atoms with Crippen molar-refractivity contribution in [1.82, 2.24) is 4.57 Å². The van der Waals surface area contributed by atoms with Gasteiger partial charge in [0, 0.05) is 20.1 Å². The Labute approximate surface area is 212 Å². The maximum absolute atomic E-state index is 14.9. The van der Waals surface area contributed by atoms with Gasteiger partial charge in [0.05, 0.1) is 34.8 Å². The molecule has 2 heterocycles. The molecule has 0 saturated heterocycles. The first-order chi connectivity index (χ1) is 16.2. The van der Waals surface area contributed by atoms with Gasteiger partial charge in [0.2, 0.25) is 0 Å². The van der Waals surface area contributed by atoms with Gasteiger partial charge in [-0.15, -0.1) is 11.3 Å². The summed E-state index contributed by atoms with van der Waals surface area (Å²) in [7, 11) is 1.14. The Morgan fingerprint density at radius 1 is 1.21 bits per heavy atom. The average molecular weight is 609 g/mol. The molecular formula is C23H13Br2F2N3O3S. The number of hydrogen-bond acceptors (Lipinski definition) is 6. The number of halogens is 4. The van der Waals surface area contributed by atoms with Crippen LogP contribution in [0, 0.1) is 23.0 Å². The Balaban J connectivity index is 2.15. The quantitative estimate of drug-likeness (QED) is 0.460. The molecule has 0 spiro atoms. The largest absolute Gasteiger partial charge is 0.466 e. The molecule has 3 aromatic rings. The number of carbonyl (C=O) groups excluding carboxylic acids is 1. The summed E-state index contributed by atoms with van der Waals surface area (Å²) < 4.78 is 36.4. The van der Waals surface area contributed by atoms with Gasteiger partial charge in [0.15, 0.2) is 0 Å². The minimum absolute atomic E-state index is 0.00457. The Bertz CT molecular complexity index is 1620. The number of hydrogen-bond donors (Lipinski definition) is 1. The summed E-state index contributed by atoms with van der Waals surface area (Å²) in [5.41, 5.74) is 5.38. The number of nitriles is 1. The van der Waals surface area contributed by atoms with Gasteiger partial charge < -0.3 is 10.5 Å². The smallest absolute Gasteiger partial charge is 0.337 e. The topological polar surface area (TPSA) is 98.1 Å². The van der Waals surface area contributed by atoms with E-state index in [1.165, 1.54) is 42.5 Å². The normalized spacial score (nSPS) is 15.8. The van der Waals surface area contributed by atoms with Gasteiger partial charge in [-0.3, -0.25) is 9.36 Å². The van der Waals surface area contributed by atoms with Crippen molar-refractivity contribution >= 4 is 66.6 Å². The summed E-state index contributed by atoms with van der Waals surface area (Å²) in [5.74, 6) is -3.56. The molecule has 1 aliphatic rings. The van der Waals surface area contributed by atoms with Crippen molar-refractivity contribution in [2.75, 3.05) is 7.11 Å². The molecule has 4 rings (SSSR count). The highest BCUT2D eigenvalue weighted by Crippen LogP contribution is 2.38. The van der Waals surface area contributed by atoms with Crippen molar-refractivity contribution in [3.63, 3.8) is 0 Å². The zero-order valence-corrected chi connectivity index (χ0v) is 21.2. The van der Waals surface area contributed by atoms with Crippen LogP contribution in [0.15, 0.2) is 55.7 Å². The second kappa shape index (κ2) is 9.29. The summed E-state index contributed by atoms with van der Waals surface area (Å²) in [5, 5.41) is 9.89. The highest BCUT2D eigenvalue weighted by atomic mass is 79.9. The molecule has 34 heavy (non-hydrogen) atoms. The zero-order chi connectivity index (χ0) is 24.7. The van der Waals surface area contributed by atoms with Gasteiger partial charge in [-0.2, -0.15) is 5.26 Å². The van der Waals surface area contributed by atoms with Crippen LogP contribution in [-0.2, 0) is 9.53 Å². The lowest BCUT2D eigenvalue weighted by molar-refractivity contribution is -0.134. The molecule has 0 fully saturated rings. The fraction of sp³-hybridized carbons (Fsp3) is 0.0870. The predicted molar refractivity (Wildman–Crippen MR) is 131 cm³/mol. The SMILES string of the molecule is COC(=O)C1=c2s/c(=C/c3cc(Br)ccc3F)c(=O)n2C(N)=C(C#N)[C@@H]1c1cc(Br)ccc1F. The highest BCUT2D eigenvalue weighted by Gasteiger charge is 2.37. The second-order valence-corrected chi connectivity index (χ2v) is 10.00. The minimum Gasteiger partial charge on any atom is -0.466 e. The third-order valence-corrected chi connectivity index (χ3v) is 7.28. The second-order valence-electron chi connectivity index (χ2n) is 7.14. The molecule has 2 aromatic carbocycles. The molecule has 1 aromatic heterocycles. The van der Waals surface area contributed by atoms with E-state index < -0.39 is 29.1 Å². The maximum Gasteiger partial charge on any atom is 0.337 e. The summed E-state index contributed by atoms with van der Waals surface area (Å²) in [6, 6.07) is 10.2. The number of nitrogens with zero attached hydrogens (tertiary/aromatic N) is 2. The van der Waals surface area contributed by atoms with E-state index >= 15 is 0 Å². The first-order valence-electron chi connectivity index (χ1n) is 9.54. The van der Waals surface area contributed by atoms with Gasteiger partial charge in [0.25, 0.3) is 5.56 Å². The molecule has 172 valence electrons. The fourth-order valence-electron chi connectivity index (χ4n) is 3.67. The van der Waals surface area contributed by atoms with Crippen LogP contribution in [0.1, 0.15) is 17.0 Å². The predicted octanol–water partition coefficient (Wildman–Crippen LogP) is 3.31. The van der Waals surface area contributed by atoms with E-state index in [0.717, 1.165) is 23.0 Å². The van der Waals surface area contributed by atoms with Crippen molar-refractivity contribution in [3.05, 3.63) is 93.2 Å². The van der Waals surface area contributed by atoms with Crippen LogP contribution in [0.5, 0.6) is 0 Å². The third kappa shape index (κ3) is 4.02. The molecule has 0 unspecified atom stereocenters. The molecule has 1 atom stereocenters. The summed E-state index contributed by atoms with van der Waals surface area (Å²) in [4.78, 5) is 26.1. The van der Waals surface area contributed by atoms with Crippen LogP contribution >= 0.6 is 43.2 Å². The zero-order valence-electron chi connectivity index (χ0n) is 17.2. The molecule has 0 radical (unpaired) electrons. The van der Waals surface area contributed by atoms with Gasteiger partial charge in [-0.05, 0) is 42.5 Å². The molecule has 0 amide bonds. The fourth-order valence-corrected chi connectivity index (χ4v) is 5.58. The van der Waals surface area contributed by atoms with Crippen LogP contribution < -0.4 is 20.5 Å². The number of thiazole rings is 1. The number of ether oxygens (including phenoxy) is 1. The number of carbonyl (C=O) groups is 1. The highest BCUT2D eigenvalue weighted by molar-refractivity contribution is 9.10. The molecule has 6 nitrogen and oxygen atoms in total. The average Bonchev–Trinajstić information content (AvgIpc) is 3.13. The van der Waals surface area contributed by atoms with E-state index in [9.17, 15) is 23.6 Å². The Kier molecular flexibility index (Phi) is 6.58. The molecule has 0 bridgehead atoms. The minimum atomic E-state index is -1.22. The van der Waals surface area contributed by atoms with Gasteiger partial charge in [0.1, 0.15) is 22.1 Å². The van der Waals surface area contributed by atoms with Crippen molar-refractivity contribution in [2.45, 2.75) is 5.92 Å². The van der Waals surface area contributed by atoms with E-state index in [0.29, 0.717) is 8.95 Å². The lowest BCUT2D eigenvalue weighted by Crippen LogP contribution is -2.40. The number of aromatic nitrogens is 1. The van der Waals surface area contributed by atoms with E-state index in [4.69, 9.17) is 10.5 Å². The molecule has 1 aliphatic heterocycles. The van der Waals surface area contributed by atoms with E-state index in [1.807, 2.05) is 6.07 Å². The van der Waals surface area contributed by atoms with Crippen molar-refractivity contribution < 1.29 is 18.3 Å². The van der Waals surface area contributed by atoms with Gasteiger partial charge in [-0.1, -0.05) is 31.9 Å². The summed E-state index contributed by atoms with van der Waals surface area (Å²) in [6.07, 6.45) is 1.32. The maximum atomic E-state index is 14.9. The number of methoxy groups -OCH3 is 1. The number of rotatable bonds is 3. The van der Waals surface area contributed by atoms with Crippen LogP contribution in [0.4, 0.5) is 8.78 Å². The van der Waals surface area contributed by atoms with Crippen LogP contribution in [0.2, 0.25) is 0 Å². The first-order valence-corrected chi connectivity index (χ1v) is 11.9. The van der Waals surface area contributed by atoms with Crippen molar-refractivity contribution in [2.24, 2.45) is 5.73 Å². The van der Waals surface area contributed by atoms with Crippen LogP contribution in [-0.4, -0.2) is 17.6 Å². The van der Waals surface area contributed by atoms with Crippen molar-refractivity contribution in [1.29, 1.82) is 5.26 Å². The molecule has 0 saturated carbocycles. The number of nitrogens with two attached hydrogens (primary N) is 1. The Morgan fingerprint density at radius 3 is 2.50 bits per heavy atom. The first kappa shape index (κ1) is 24.1. The lowest BCUT2D eigenvalue weighted by Gasteiger charge is -2.24. The number of fused-ring (bicyclic) bond motifs is 1. The van der Waals surface area contributed by atoms with Crippen molar-refractivity contribution in [3.8, 4) is 6.07 Å². The molecular weight excluding hydrogens is 596 g/mol. The standard InChI is InChI=1S/C23H13Br2F2N3O3S/c1-33-23(32)19-18(13-8-12(25)3-5-16(13)27)14(9-28)20(29)30-21(31)17(34-22(19)30)7-10-6-11(24)2-4-15(10)26/h2-8,18H,29H2,1H3/b17-7+/t18-/m0/s1. The number of allylic oxidation sites excluding steroid dienone is 1. The third-order valence-electron chi connectivity index (χ3n) is 5.19.